The van der Waals surface area contributed by atoms with E-state index in [-0.39, 0.29) is 5.82 Å². The van der Waals surface area contributed by atoms with Crippen LogP contribution >= 0.6 is 0 Å². The zero-order valence-corrected chi connectivity index (χ0v) is 11.6. The van der Waals surface area contributed by atoms with E-state index in [9.17, 15) is 4.39 Å². The molecule has 1 aliphatic rings. The van der Waals surface area contributed by atoms with Gasteiger partial charge in [-0.2, -0.15) is 5.10 Å². The SMILES string of the molecule is Fc1cccc2[nH]c(CNC3CCc4[nH]ncc4C3)cc12. The molecular weight excluding hydrogens is 267 g/mol. The van der Waals surface area contributed by atoms with Crippen LogP contribution in [0.15, 0.2) is 30.5 Å². The molecule has 3 aromatic rings. The molecule has 108 valence electrons. The van der Waals surface area contributed by atoms with Crippen molar-refractivity contribution in [3.8, 4) is 0 Å². The summed E-state index contributed by atoms with van der Waals surface area (Å²) in [5, 5.41) is 11.4. The van der Waals surface area contributed by atoms with Crippen LogP contribution in [-0.2, 0) is 19.4 Å². The van der Waals surface area contributed by atoms with Crippen molar-refractivity contribution in [3.05, 3.63) is 53.2 Å². The van der Waals surface area contributed by atoms with Gasteiger partial charge in [-0.1, -0.05) is 6.07 Å². The summed E-state index contributed by atoms with van der Waals surface area (Å²) < 4.78 is 13.7. The molecule has 0 amide bonds. The number of aromatic nitrogens is 3. The smallest absolute Gasteiger partial charge is 0.132 e. The summed E-state index contributed by atoms with van der Waals surface area (Å²) in [6, 6.07) is 7.47. The number of benzene rings is 1. The number of aryl methyl sites for hydroxylation is 1. The number of nitrogens with zero attached hydrogens (tertiary/aromatic N) is 1. The van der Waals surface area contributed by atoms with E-state index in [1.54, 1.807) is 6.07 Å². The van der Waals surface area contributed by atoms with Gasteiger partial charge in [0.05, 0.1) is 6.20 Å². The van der Waals surface area contributed by atoms with E-state index in [1.165, 1.54) is 17.3 Å². The van der Waals surface area contributed by atoms with E-state index in [4.69, 9.17) is 0 Å². The maximum Gasteiger partial charge on any atom is 0.132 e. The minimum atomic E-state index is -0.171. The van der Waals surface area contributed by atoms with E-state index >= 15 is 0 Å². The highest BCUT2D eigenvalue weighted by Crippen LogP contribution is 2.21. The van der Waals surface area contributed by atoms with Crippen LogP contribution in [0.2, 0.25) is 0 Å². The number of hydrogen-bond donors (Lipinski definition) is 3. The second-order valence-corrected chi connectivity index (χ2v) is 5.69. The molecule has 4 nitrogen and oxygen atoms in total. The predicted octanol–water partition coefficient (Wildman–Crippen LogP) is 2.68. The number of H-pyrrole nitrogens is 2. The lowest BCUT2D eigenvalue weighted by Gasteiger charge is -2.22. The van der Waals surface area contributed by atoms with Crippen molar-refractivity contribution in [2.24, 2.45) is 0 Å². The third-order valence-electron chi connectivity index (χ3n) is 4.26. The van der Waals surface area contributed by atoms with Gasteiger partial charge in [-0.3, -0.25) is 5.10 Å². The minimum absolute atomic E-state index is 0.171. The van der Waals surface area contributed by atoms with Crippen LogP contribution in [0.4, 0.5) is 4.39 Å². The summed E-state index contributed by atoms with van der Waals surface area (Å²) in [7, 11) is 0. The monoisotopic (exact) mass is 284 g/mol. The predicted molar refractivity (Wildman–Crippen MR) is 79.5 cm³/mol. The average Bonchev–Trinajstić information content (AvgIpc) is 3.11. The summed E-state index contributed by atoms with van der Waals surface area (Å²) in [4.78, 5) is 3.27. The first-order chi connectivity index (χ1) is 10.3. The van der Waals surface area contributed by atoms with Crippen LogP contribution in [0, 0.1) is 5.82 Å². The van der Waals surface area contributed by atoms with Crippen molar-refractivity contribution in [3.63, 3.8) is 0 Å². The number of aromatic amines is 2. The molecule has 0 saturated heterocycles. The molecule has 3 N–H and O–H groups in total. The standard InChI is InChI=1S/C16H17FN4/c17-14-2-1-3-16-13(14)7-12(20-16)9-18-11-4-5-15-10(6-11)8-19-21-15/h1-3,7-8,11,18,20H,4-6,9H2,(H,19,21). The second-order valence-electron chi connectivity index (χ2n) is 5.69. The van der Waals surface area contributed by atoms with Crippen LogP contribution in [0.5, 0.6) is 0 Å². The molecule has 4 rings (SSSR count). The molecule has 0 radical (unpaired) electrons. The van der Waals surface area contributed by atoms with Gasteiger partial charge in [0.1, 0.15) is 5.82 Å². The highest BCUT2D eigenvalue weighted by molar-refractivity contribution is 5.80. The zero-order chi connectivity index (χ0) is 14.2. The largest absolute Gasteiger partial charge is 0.357 e. The van der Waals surface area contributed by atoms with E-state index in [1.807, 2.05) is 18.3 Å². The first-order valence-electron chi connectivity index (χ1n) is 7.30. The summed E-state index contributed by atoms with van der Waals surface area (Å²) in [6.07, 6.45) is 5.06. The molecule has 1 atom stereocenters. The van der Waals surface area contributed by atoms with Crippen LogP contribution < -0.4 is 5.32 Å². The fraction of sp³-hybridized carbons (Fsp3) is 0.312. The number of nitrogens with one attached hydrogen (secondary N) is 3. The Bertz CT molecular complexity index is 774. The molecule has 0 saturated carbocycles. The van der Waals surface area contributed by atoms with E-state index in [2.05, 4.69) is 20.5 Å². The summed E-state index contributed by atoms with van der Waals surface area (Å²) in [5.41, 5.74) is 4.45. The highest BCUT2D eigenvalue weighted by atomic mass is 19.1. The minimum Gasteiger partial charge on any atom is -0.357 e. The third-order valence-corrected chi connectivity index (χ3v) is 4.26. The Balaban J connectivity index is 1.45. The van der Waals surface area contributed by atoms with Gasteiger partial charge in [-0.25, -0.2) is 4.39 Å². The van der Waals surface area contributed by atoms with Crippen molar-refractivity contribution < 1.29 is 4.39 Å². The highest BCUT2D eigenvalue weighted by Gasteiger charge is 2.19. The maximum absolute atomic E-state index is 13.7. The lowest BCUT2D eigenvalue weighted by molar-refractivity contribution is 0.453. The van der Waals surface area contributed by atoms with E-state index < -0.39 is 0 Å². The van der Waals surface area contributed by atoms with Crippen LogP contribution in [0.25, 0.3) is 10.9 Å². The Hall–Kier alpha value is -2.14. The van der Waals surface area contributed by atoms with Crippen molar-refractivity contribution in [2.45, 2.75) is 31.8 Å². The maximum atomic E-state index is 13.7. The number of halogens is 1. The Morgan fingerprint density at radius 2 is 2.33 bits per heavy atom. The molecule has 0 bridgehead atoms. The van der Waals surface area contributed by atoms with Gasteiger partial charge in [-0.05, 0) is 43.0 Å². The molecule has 1 aromatic carbocycles. The summed E-state index contributed by atoms with van der Waals surface area (Å²) in [6.45, 7) is 0.728. The molecule has 0 fully saturated rings. The lowest BCUT2D eigenvalue weighted by atomic mass is 9.93. The first kappa shape index (κ1) is 12.6. The Kier molecular flexibility index (Phi) is 3.00. The normalized spacial score (nSPS) is 18.0. The molecule has 21 heavy (non-hydrogen) atoms. The van der Waals surface area contributed by atoms with E-state index in [0.29, 0.717) is 11.4 Å². The molecule has 1 unspecified atom stereocenters. The van der Waals surface area contributed by atoms with Gasteiger partial charge in [0.2, 0.25) is 0 Å². The zero-order valence-electron chi connectivity index (χ0n) is 11.6. The van der Waals surface area contributed by atoms with Crippen molar-refractivity contribution in [2.75, 3.05) is 0 Å². The summed E-state index contributed by atoms with van der Waals surface area (Å²) >= 11 is 0. The first-order valence-corrected chi connectivity index (χ1v) is 7.30. The molecule has 2 heterocycles. The van der Waals surface area contributed by atoms with Gasteiger partial charge < -0.3 is 10.3 Å². The Morgan fingerprint density at radius 1 is 1.38 bits per heavy atom. The molecule has 0 aliphatic heterocycles. The van der Waals surface area contributed by atoms with Crippen molar-refractivity contribution in [1.82, 2.24) is 20.5 Å². The van der Waals surface area contributed by atoms with Gasteiger partial charge >= 0.3 is 0 Å². The fourth-order valence-electron chi connectivity index (χ4n) is 3.12. The van der Waals surface area contributed by atoms with Crippen molar-refractivity contribution >= 4 is 10.9 Å². The van der Waals surface area contributed by atoms with Gasteiger partial charge in [0.15, 0.2) is 0 Å². The second kappa shape index (κ2) is 5.00. The number of hydrogen-bond acceptors (Lipinski definition) is 2. The summed E-state index contributed by atoms with van der Waals surface area (Å²) in [5.74, 6) is -0.171. The molecule has 2 aromatic heterocycles. The molecular formula is C16H17FN4. The quantitative estimate of drug-likeness (QED) is 0.692. The Morgan fingerprint density at radius 3 is 3.24 bits per heavy atom. The van der Waals surface area contributed by atoms with Gasteiger partial charge in [-0.15, -0.1) is 0 Å². The molecule has 1 aliphatic carbocycles. The molecule has 0 spiro atoms. The fourth-order valence-corrected chi connectivity index (χ4v) is 3.12. The van der Waals surface area contributed by atoms with E-state index in [0.717, 1.165) is 37.0 Å². The number of fused-ring (bicyclic) bond motifs is 2. The van der Waals surface area contributed by atoms with Crippen molar-refractivity contribution in [1.29, 1.82) is 0 Å². The topological polar surface area (TPSA) is 56.5 Å². The van der Waals surface area contributed by atoms with Crippen LogP contribution in [0.1, 0.15) is 23.4 Å². The van der Waals surface area contributed by atoms with Crippen LogP contribution in [0.3, 0.4) is 0 Å². The third kappa shape index (κ3) is 2.34. The average molecular weight is 284 g/mol. The lowest BCUT2D eigenvalue weighted by Crippen LogP contribution is -2.33. The number of rotatable bonds is 3. The Labute approximate surface area is 121 Å². The van der Waals surface area contributed by atoms with Gasteiger partial charge in [0.25, 0.3) is 0 Å². The molecule has 5 heteroatoms. The van der Waals surface area contributed by atoms with Gasteiger partial charge in [0, 0.05) is 34.9 Å². The van der Waals surface area contributed by atoms with Crippen LogP contribution in [-0.4, -0.2) is 21.2 Å².